The van der Waals surface area contributed by atoms with E-state index in [1.165, 1.54) is 0 Å². The van der Waals surface area contributed by atoms with Crippen molar-refractivity contribution in [1.82, 2.24) is 10.9 Å². The lowest BCUT2D eigenvalue weighted by Crippen LogP contribution is -2.46. The third-order valence-electron chi connectivity index (χ3n) is 3.24. The Kier molecular flexibility index (Phi) is 6.30. The number of hydrazine groups is 1. The maximum atomic E-state index is 11.9. The Balaban J connectivity index is 2.40. The van der Waals surface area contributed by atoms with Crippen LogP contribution in [0.25, 0.3) is 0 Å². The zero-order valence-electron chi connectivity index (χ0n) is 14.4. The number of hydrogen-bond acceptors (Lipinski definition) is 3. The van der Waals surface area contributed by atoms with E-state index in [-0.39, 0.29) is 24.7 Å². The number of carbonyl (C=O) groups excluding carboxylic acids is 3. The van der Waals surface area contributed by atoms with Gasteiger partial charge >= 0.3 is 0 Å². The van der Waals surface area contributed by atoms with Crippen molar-refractivity contribution in [2.75, 3.05) is 5.32 Å². The Bertz CT molecular complexity index is 604. The minimum absolute atomic E-state index is 0.00111. The van der Waals surface area contributed by atoms with E-state index in [1.54, 1.807) is 20.8 Å². The fourth-order valence-electron chi connectivity index (χ4n) is 1.69. The molecule has 1 rings (SSSR count). The molecule has 1 aromatic rings. The summed E-state index contributed by atoms with van der Waals surface area (Å²) >= 11 is 0. The van der Waals surface area contributed by atoms with Crippen LogP contribution in [0.1, 0.15) is 44.7 Å². The van der Waals surface area contributed by atoms with Gasteiger partial charge < -0.3 is 5.32 Å². The predicted octanol–water partition coefficient (Wildman–Crippen LogP) is 2.22. The molecule has 0 atom stereocenters. The monoisotopic (exact) mass is 319 g/mol. The number of benzene rings is 1. The molecule has 0 aliphatic heterocycles. The van der Waals surface area contributed by atoms with Crippen LogP contribution < -0.4 is 16.2 Å². The molecule has 6 heteroatoms. The van der Waals surface area contributed by atoms with Crippen molar-refractivity contribution in [3.05, 3.63) is 29.3 Å². The van der Waals surface area contributed by atoms with E-state index < -0.39 is 11.3 Å². The van der Waals surface area contributed by atoms with E-state index >= 15 is 0 Å². The van der Waals surface area contributed by atoms with E-state index in [9.17, 15) is 14.4 Å². The van der Waals surface area contributed by atoms with Crippen molar-refractivity contribution >= 4 is 23.4 Å². The summed E-state index contributed by atoms with van der Waals surface area (Å²) in [6.07, 6.45) is 0.0473. The molecule has 0 saturated heterocycles. The van der Waals surface area contributed by atoms with E-state index in [1.807, 2.05) is 32.0 Å². The summed E-state index contributed by atoms with van der Waals surface area (Å²) in [6, 6.07) is 5.78. The van der Waals surface area contributed by atoms with E-state index in [2.05, 4.69) is 16.2 Å². The third-order valence-corrected chi connectivity index (χ3v) is 3.24. The summed E-state index contributed by atoms with van der Waals surface area (Å²) in [5.74, 6) is -0.930. The summed E-state index contributed by atoms with van der Waals surface area (Å²) in [6.45, 7) is 9.08. The SMILES string of the molecule is Cc1ccc(C)c(NC(=O)CCC(=O)NNC(=O)C(C)(C)C)c1. The van der Waals surface area contributed by atoms with Gasteiger partial charge in [-0.15, -0.1) is 0 Å². The van der Waals surface area contributed by atoms with Gasteiger partial charge in [0.25, 0.3) is 0 Å². The Morgan fingerprint density at radius 1 is 0.957 bits per heavy atom. The molecule has 126 valence electrons. The van der Waals surface area contributed by atoms with Crippen molar-refractivity contribution in [3.63, 3.8) is 0 Å². The molecule has 0 radical (unpaired) electrons. The number of carbonyl (C=O) groups is 3. The topological polar surface area (TPSA) is 87.3 Å². The first-order valence-electron chi connectivity index (χ1n) is 7.56. The fourth-order valence-corrected chi connectivity index (χ4v) is 1.69. The van der Waals surface area contributed by atoms with E-state index in [4.69, 9.17) is 0 Å². The average molecular weight is 319 g/mol. The van der Waals surface area contributed by atoms with Gasteiger partial charge in [0.2, 0.25) is 17.7 Å². The second-order valence-corrected chi connectivity index (χ2v) is 6.62. The Morgan fingerprint density at radius 2 is 1.57 bits per heavy atom. The minimum Gasteiger partial charge on any atom is -0.326 e. The maximum absolute atomic E-state index is 11.9. The fraction of sp³-hybridized carbons (Fsp3) is 0.471. The molecule has 0 spiro atoms. The highest BCUT2D eigenvalue weighted by atomic mass is 16.2. The van der Waals surface area contributed by atoms with Crippen LogP contribution in [-0.4, -0.2) is 17.7 Å². The highest BCUT2D eigenvalue weighted by Crippen LogP contribution is 2.16. The smallest absolute Gasteiger partial charge is 0.243 e. The van der Waals surface area contributed by atoms with Gasteiger partial charge in [0.15, 0.2) is 0 Å². The van der Waals surface area contributed by atoms with E-state index in [0.717, 1.165) is 16.8 Å². The molecule has 0 saturated carbocycles. The largest absolute Gasteiger partial charge is 0.326 e. The molecule has 0 aliphatic rings. The van der Waals surface area contributed by atoms with Crippen molar-refractivity contribution in [1.29, 1.82) is 0 Å². The number of amides is 3. The molecule has 0 bridgehead atoms. The Morgan fingerprint density at radius 3 is 2.17 bits per heavy atom. The molecule has 0 fully saturated rings. The average Bonchev–Trinajstić information content (AvgIpc) is 2.45. The first kappa shape index (κ1) is 18.7. The van der Waals surface area contributed by atoms with Gasteiger partial charge in [-0.05, 0) is 31.0 Å². The zero-order valence-corrected chi connectivity index (χ0v) is 14.4. The van der Waals surface area contributed by atoms with Crippen molar-refractivity contribution in [2.24, 2.45) is 5.41 Å². The van der Waals surface area contributed by atoms with Crippen molar-refractivity contribution in [2.45, 2.75) is 47.5 Å². The van der Waals surface area contributed by atoms with Gasteiger partial charge in [-0.25, -0.2) is 0 Å². The highest BCUT2D eigenvalue weighted by Gasteiger charge is 2.21. The lowest BCUT2D eigenvalue weighted by molar-refractivity contribution is -0.134. The molecule has 6 nitrogen and oxygen atoms in total. The zero-order chi connectivity index (χ0) is 17.6. The second kappa shape index (κ2) is 7.76. The Labute approximate surface area is 137 Å². The van der Waals surface area contributed by atoms with Gasteiger partial charge in [0.1, 0.15) is 0 Å². The van der Waals surface area contributed by atoms with Gasteiger partial charge in [-0.2, -0.15) is 0 Å². The maximum Gasteiger partial charge on any atom is 0.243 e. The number of nitrogens with one attached hydrogen (secondary N) is 3. The van der Waals surface area contributed by atoms with Crippen LogP contribution in [0, 0.1) is 19.3 Å². The molecule has 0 heterocycles. The van der Waals surface area contributed by atoms with Crippen LogP contribution in [0.4, 0.5) is 5.69 Å². The van der Waals surface area contributed by atoms with Gasteiger partial charge in [0.05, 0.1) is 0 Å². The van der Waals surface area contributed by atoms with Crippen molar-refractivity contribution in [3.8, 4) is 0 Å². The van der Waals surface area contributed by atoms with Gasteiger partial charge in [-0.1, -0.05) is 32.9 Å². The first-order chi connectivity index (χ1) is 10.6. The summed E-state index contributed by atoms with van der Waals surface area (Å²) in [5, 5.41) is 2.79. The lowest BCUT2D eigenvalue weighted by Gasteiger charge is -2.17. The van der Waals surface area contributed by atoms with Crippen LogP contribution in [0.15, 0.2) is 18.2 Å². The second-order valence-electron chi connectivity index (χ2n) is 6.62. The first-order valence-corrected chi connectivity index (χ1v) is 7.56. The molecule has 23 heavy (non-hydrogen) atoms. The number of aryl methyl sites for hydroxylation is 2. The molecule has 3 amide bonds. The number of anilines is 1. The van der Waals surface area contributed by atoms with Crippen LogP contribution in [0.3, 0.4) is 0 Å². The Hall–Kier alpha value is -2.37. The van der Waals surface area contributed by atoms with Crippen LogP contribution in [-0.2, 0) is 14.4 Å². The molecule has 1 aromatic carbocycles. The normalized spacial score (nSPS) is 10.8. The summed E-state index contributed by atoms with van der Waals surface area (Å²) in [5.41, 5.74) is 6.82. The summed E-state index contributed by atoms with van der Waals surface area (Å²) in [7, 11) is 0. The lowest BCUT2D eigenvalue weighted by atomic mass is 9.96. The number of hydrogen-bond donors (Lipinski definition) is 3. The minimum atomic E-state index is -0.590. The van der Waals surface area contributed by atoms with Gasteiger partial charge in [-0.3, -0.25) is 25.2 Å². The quantitative estimate of drug-likeness (QED) is 0.744. The standard InChI is InChI=1S/C17H25N3O3/c1-11-6-7-12(2)13(10-11)18-14(21)8-9-15(22)19-20-16(23)17(3,4)5/h6-7,10H,8-9H2,1-5H3,(H,18,21)(H,19,22)(H,20,23). The molecule has 0 aromatic heterocycles. The summed E-state index contributed by atoms with van der Waals surface area (Å²) < 4.78 is 0. The van der Waals surface area contributed by atoms with Gasteiger partial charge in [0, 0.05) is 23.9 Å². The highest BCUT2D eigenvalue weighted by molar-refractivity contribution is 5.94. The predicted molar refractivity (Wildman–Crippen MR) is 89.5 cm³/mol. The van der Waals surface area contributed by atoms with E-state index in [0.29, 0.717) is 0 Å². The van der Waals surface area contributed by atoms with Crippen LogP contribution in [0.5, 0.6) is 0 Å². The van der Waals surface area contributed by atoms with Crippen LogP contribution >= 0.6 is 0 Å². The third kappa shape index (κ3) is 6.50. The number of rotatable bonds is 4. The molecular weight excluding hydrogens is 294 g/mol. The van der Waals surface area contributed by atoms with Crippen molar-refractivity contribution < 1.29 is 14.4 Å². The van der Waals surface area contributed by atoms with Crippen LogP contribution in [0.2, 0.25) is 0 Å². The summed E-state index contributed by atoms with van der Waals surface area (Å²) in [4.78, 5) is 35.2. The molecule has 0 unspecified atom stereocenters. The molecular formula is C17H25N3O3. The molecule has 3 N–H and O–H groups in total. The molecule has 0 aliphatic carbocycles.